The number of rotatable bonds is 6. The van der Waals surface area contributed by atoms with Gasteiger partial charge in [0.05, 0.1) is 18.4 Å². The molecule has 5 heteroatoms. The normalized spacial score (nSPS) is 25.0. The number of aryl methyl sites for hydroxylation is 1. The van der Waals surface area contributed by atoms with E-state index >= 15 is 0 Å². The molecule has 3 atom stereocenters. The molecule has 0 aromatic carbocycles. The van der Waals surface area contributed by atoms with Crippen LogP contribution < -0.4 is 5.32 Å². The molecule has 116 valence electrons. The predicted octanol–water partition coefficient (Wildman–Crippen LogP) is 3.06. The van der Waals surface area contributed by atoms with Crippen LogP contribution in [0, 0.1) is 17.8 Å². The minimum absolute atomic E-state index is 0.103. The molecule has 0 spiro atoms. The van der Waals surface area contributed by atoms with E-state index in [1.165, 1.54) is 10.4 Å². The Morgan fingerprint density at radius 1 is 1.33 bits per heavy atom. The summed E-state index contributed by atoms with van der Waals surface area (Å²) in [5, 5.41) is 14.3. The Hall–Kier alpha value is -1.36. The highest BCUT2D eigenvalue weighted by Gasteiger charge is 2.41. The Morgan fingerprint density at radius 3 is 2.67 bits per heavy atom. The zero-order valence-corrected chi connectivity index (χ0v) is 13.4. The molecule has 0 aliphatic heterocycles. The first-order valence-corrected chi connectivity index (χ1v) is 8.50. The van der Waals surface area contributed by atoms with E-state index in [-0.39, 0.29) is 11.8 Å². The minimum Gasteiger partial charge on any atom is -0.481 e. The van der Waals surface area contributed by atoms with Gasteiger partial charge in [0.2, 0.25) is 5.91 Å². The summed E-state index contributed by atoms with van der Waals surface area (Å²) >= 11 is 1.64. The van der Waals surface area contributed by atoms with Crippen molar-refractivity contribution in [3.8, 4) is 0 Å². The van der Waals surface area contributed by atoms with Gasteiger partial charge in [-0.15, -0.1) is 11.3 Å². The van der Waals surface area contributed by atoms with Gasteiger partial charge >= 0.3 is 5.97 Å². The van der Waals surface area contributed by atoms with Gasteiger partial charge in [0, 0.05) is 4.88 Å². The van der Waals surface area contributed by atoms with E-state index in [1.807, 2.05) is 5.38 Å². The Bertz CT molecular complexity index is 511. The van der Waals surface area contributed by atoms with Crippen LogP contribution in [0.4, 0.5) is 0 Å². The summed E-state index contributed by atoms with van der Waals surface area (Å²) in [5.41, 5.74) is 1.26. The number of carboxylic acids is 1. The molecule has 1 fully saturated rings. The van der Waals surface area contributed by atoms with Gasteiger partial charge in [-0.1, -0.05) is 20.3 Å². The van der Waals surface area contributed by atoms with Crippen LogP contribution in [-0.2, 0) is 22.6 Å². The van der Waals surface area contributed by atoms with E-state index in [9.17, 15) is 14.7 Å². The van der Waals surface area contributed by atoms with Gasteiger partial charge in [0.1, 0.15) is 0 Å². The highest BCUT2D eigenvalue weighted by molar-refractivity contribution is 7.10. The largest absolute Gasteiger partial charge is 0.481 e. The van der Waals surface area contributed by atoms with Gasteiger partial charge in [-0.25, -0.2) is 0 Å². The molecule has 1 heterocycles. The zero-order chi connectivity index (χ0) is 15.4. The van der Waals surface area contributed by atoms with E-state index in [4.69, 9.17) is 0 Å². The van der Waals surface area contributed by atoms with Crippen LogP contribution in [0.1, 0.15) is 43.6 Å². The van der Waals surface area contributed by atoms with E-state index < -0.39 is 11.9 Å². The molecule has 0 saturated heterocycles. The monoisotopic (exact) mass is 309 g/mol. The van der Waals surface area contributed by atoms with Crippen LogP contribution >= 0.6 is 11.3 Å². The third kappa shape index (κ3) is 3.64. The van der Waals surface area contributed by atoms with E-state index in [0.29, 0.717) is 25.3 Å². The Morgan fingerprint density at radius 2 is 2.05 bits per heavy atom. The zero-order valence-electron chi connectivity index (χ0n) is 12.6. The van der Waals surface area contributed by atoms with Crippen molar-refractivity contribution in [2.75, 3.05) is 0 Å². The van der Waals surface area contributed by atoms with Crippen molar-refractivity contribution in [2.24, 2.45) is 17.8 Å². The van der Waals surface area contributed by atoms with Crippen molar-refractivity contribution in [1.82, 2.24) is 5.32 Å². The highest BCUT2D eigenvalue weighted by atomic mass is 32.1. The van der Waals surface area contributed by atoms with Crippen LogP contribution in [0.15, 0.2) is 11.4 Å². The Kier molecular flexibility index (Phi) is 5.39. The molecular formula is C16H23NO3S. The Labute approximate surface area is 129 Å². The van der Waals surface area contributed by atoms with Crippen molar-refractivity contribution in [3.63, 3.8) is 0 Å². The molecule has 1 aromatic heterocycles. The molecule has 2 N–H and O–H groups in total. The van der Waals surface area contributed by atoms with Gasteiger partial charge in [0.25, 0.3) is 0 Å². The topological polar surface area (TPSA) is 66.4 Å². The van der Waals surface area contributed by atoms with Gasteiger partial charge in [0.15, 0.2) is 0 Å². The number of carbonyl (C=O) groups excluding carboxylic acids is 1. The number of nitrogens with one attached hydrogen (secondary N) is 1. The molecule has 0 bridgehead atoms. The number of thiophene rings is 1. The smallest absolute Gasteiger partial charge is 0.307 e. The third-order valence-corrected chi connectivity index (χ3v) is 5.50. The summed E-state index contributed by atoms with van der Waals surface area (Å²) in [7, 11) is 0. The lowest BCUT2D eigenvalue weighted by Crippen LogP contribution is -2.34. The van der Waals surface area contributed by atoms with Crippen molar-refractivity contribution in [3.05, 3.63) is 21.9 Å². The van der Waals surface area contributed by atoms with Crippen molar-refractivity contribution >= 4 is 23.2 Å². The number of hydrogen-bond donors (Lipinski definition) is 2. The lowest BCUT2D eigenvalue weighted by atomic mass is 9.95. The summed E-state index contributed by atoms with van der Waals surface area (Å²) in [6.07, 6.45) is 3.22. The second-order valence-electron chi connectivity index (χ2n) is 5.74. The van der Waals surface area contributed by atoms with E-state index in [1.54, 1.807) is 11.3 Å². The molecule has 1 aliphatic rings. The number of aliphatic carboxylic acids is 1. The maximum atomic E-state index is 12.3. The summed E-state index contributed by atoms with van der Waals surface area (Å²) in [4.78, 5) is 24.8. The summed E-state index contributed by atoms with van der Waals surface area (Å²) in [5.74, 6) is -1.48. The fourth-order valence-electron chi connectivity index (χ4n) is 3.17. The predicted molar refractivity (Wildman–Crippen MR) is 83.2 cm³/mol. The standard InChI is InChI=1S/C16H23NO3S/c1-3-10-7-12(13(8-10)16(19)20)15(18)17-9-14-11(4-2)5-6-21-14/h5-6,10,12-13H,3-4,7-9H2,1-2H3,(H,17,18)(H,19,20). The SMILES string of the molecule is CCc1ccsc1CNC(=O)C1CC(CC)CC1C(=O)O. The molecule has 21 heavy (non-hydrogen) atoms. The average Bonchev–Trinajstić information content (AvgIpc) is 3.10. The summed E-state index contributed by atoms with van der Waals surface area (Å²) < 4.78 is 0. The molecule has 0 radical (unpaired) electrons. The van der Waals surface area contributed by atoms with Crippen molar-refractivity contribution in [1.29, 1.82) is 0 Å². The van der Waals surface area contributed by atoms with Gasteiger partial charge in [-0.2, -0.15) is 0 Å². The molecule has 1 amide bonds. The van der Waals surface area contributed by atoms with Crippen molar-refractivity contribution < 1.29 is 14.7 Å². The van der Waals surface area contributed by atoms with Crippen LogP contribution in [0.5, 0.6) is 0 Å². The number of hydrogen-bond acceptors (Lipinski definition) is 3. The molecule has 1 saturated carbocycles. The van der Waals surface area contributed by atoms with Crippen LogP contribution in [0.2, 0.25) is 0 Å². The summed E-state index contributed by atoms with van der Waals surface area (Å²) in [6.45, 7) is 4.67. The van der Waals surface area contributed by atoms with Gasteiger partial charge in [-0.3, -0.25) is 9.59 Å². The third-order valence-electron chi connectivity index (χ3n) is 4.53. The fourth-order valence-corrected chi connectivity index (χ4v) is 4.09. The van der Waals surface area contributed by atoms with Crippen LogP contribution in [0.25, 0.3) is 0 Å². The van der Waals surface area contributed by atoms with Crippen LogP contribution in [0.3, 0.4) is 0 Å². The molecule has 4 nitrogen and oxygen atoms in total. The first-order valence-electron chi connectivity index (χ1n) is 7.62. The number of carboxylic acid groups (broad SMARTS) is 1. The second kappa shape index (κ2) is 7.07. The minimum atomic E-state index is -0.837. The average molecular weight is 309 g/mol. The fraction of sp³-hybridized carbons (Fsp3) is 0.625. The lowest BCUT2D eigenvalue weighted by Gasteiger charge is -2.15. The van der Waals surface area contributed by atoms with E-state index in [0.717, 1.165) is 12.8 Å². The molecule has 3 unspecified atom stereocenters. The van der Waals surface area contributed by atoms with Crippen molar-refractivity contribution in [2.45, 2.75) is 46.1 Å². The van der Waals surface area contributed by atoms with Gasteiger partial charge in [-0.05, 0) is 42.2 Å². The number of carbonyl (C=O) groups is 2. The number of amides is 1. The maximum absolute atomic E-state index is 12.3. The maximum Gasteiger partial charge on any atom is 0.307 e. The quantitative estimate of drug-likeness (QED) is 0.848. The summed E-state index contributed by atoms with van der Waals surface area (Å²) in [6, 6.07) is 2.08. The molecular weight excluding hydrogens is 286 g/mol. The van der Waals surface area contributed by atoms with Gasteiger partial charge < -0.3 is 10.4 Å². The first kappa shape index (κ1) is 16.0. The molecule has 1 aliphatic carbocycles. The first-order chi connectivity index (χ1) is 10.1. The molecule has 1 aromatic rings. The van der Waals surface area contributed by atoms with E-state index in [2.05, 4.69) is 25.2 Å². The molecule has 2 rings (SSSR count). The van der Waals surface area contributed by atoms with Crippen LogP contribution in [-0.4, -0.2) is 17.0 Å². The lowest BCUT2D eigenvalue weighted by molar-refractivity contribution is -0.146. The highest BCUT2D eigenvalue weighted by Crippen LogP contribution is 2.38. The second-order valence-corrected chi connectivity index (χ2v) is 6.74. The Balaban J connectivity index is 1.97.